The molecule has 7 nitrogen and oxygen atoms in total. The number of nitrogens with zero attached hydrogens (tertiary/aromatic N) is 2. The van der Waals surface area contributed by atoms with Crippen LogP contribution in [0.15, 0.2) is 41.6 Å². The number of amides is 2. The fourth-order valence-electron chi connectivity index (χ4n) is 3.06. The first-order valence-electron chi connectivity index (χ1n) is 9.09. The average Bonchev–Trinajstić information content (AvgIpc) is 3.33. The van der Waals surface area contributed by atoms with Crippen LogP contribution in [0.2, 0.25) is 0 Å². The zero-order valence-electron chi connectivity index (χ0n) is 15.4. The number of thioether (sulfide) groups is 1. The van der Waals surface area contributed by atoms with E-state index in [1.807, 2.05) is 30.5 Å². The Morgan fingerprint density at radius 1 is 1.22 bits per heavy atom. The van der Waals surface area contributed by atoms with Crippen LogP contribution in [-0.4, -0.2) is 40.9 Å². The van der Waals surface area contributed by atoms with E-state index in [4.69, 9.17) is 0 Å². The summed E-state index contributed by atoms with van der Waals surface area (Å²) < 4.78 is 1.52. The lowest BCUT2D eigenvalue weighted by molar-refractivity contribution is -0.117. The van der Waals surface area contributed by atoms with E-state index >= 15 is 0 Å². The quantitative estimate of drug-likeness (QED) is 0.606. The van der Waals surface area contributed by atoms with Gasteiger partial charge in [-0.3, -0.25) is 14.3 Å². The summed E-state index contributed by atoms with van der Waals surface area (Å²) in [6, 6.07) is 7.67. The lowest BCUT2D eigenvalue weighted by atomic mass is 10.0. The highest BCUT2D eigenvalue weighted by Gasteiger charge is 2.16. The number of carbonyl (C=O) groups excluding carboxylic acids is 2. The summed E-state index contributed by atoms with van der Waals surface area (Å²) in [5, 5.41) is 13.1. The minimum atomic E-state index is -0.165. The minimum Gasteiger partial charge on any atom is -0.324 e. The lowest BCUT2D eigenvalue weighted by Crippen LogP contribution is -2.19. The number of rotatable bonds is 8. The Morgan fingerprint density at radius 2 is 2.00 bits per heavy atom. The second-order valence-electron chi connectivity index (χ2n) is 6.65. The van der Waals surface area contributed by atoms with Gasteiger partial charge in [0.15, 0.2) is 0 Å². The molecular weight excluding hydrogens is 362 g/mol. The van der Waals surface area contributed by atoms with Gasteiger partial charge in [0, 0.05) is 23.2 Å². The van der Waals surface area contributed by atoms with Crippen LogP contribution in [0.5, 0.6) is 0 Å². The van der Waals surface area contributed by atoms with Crippen molar-refractivity contribution in [2.45, 2.75) is 30.7 Å². The topological polar surface area (TPSA) is 88.0 Å². The van der Waals surface area contributed by atoms with Crippen LogP contribution in [0.4, 0.5) is 11.4 Å². The number of nitrogens with one attached hydrogen (secondary N) is 3. The van der Waals surface area contributed by atoms with Crippen LogP contribution in [0.25, 0.3) is 0 Å². The Morgan fingerprint density at radius 3 is 2.70 bits per heavy atom. The Balaban J connectivity index is 1.43. The van der Waals surface area contributed by atoms with E-state index in [1.54, 1.807) is 24.2 Å². The van der Waals surface area contributed by atoms with Crippen LogP contribution in [0.1, 0.15) is 19.3 Å². The summed E-state index contributed by atoms with van der Waals surface area (Å²) in [7, 11) is 0. The second kappa shape index (κ2) is 9.57. The molecule has 3 N–H and O–H groups in total. The number of anilines is 2. The second-order valence-corrected chi connectivity index (χ2v) is 7.53. The van der Waals surface area contributed by atoms with Crippen molar-refractivity contribution in [1.29, 1.82) is 0 Å². The molecule has 1 unspecified atom stereocenters. The van der Waals surface area contributed by atoms with E-state index in [-0.39, 0.29) is 18.4 Å². The molecule has 1 atom stereocenters. The number of hydrogen-bond donors (Lipinski definition) is 3. The first-order chi connectivity index (χ1) is 13.1. The molecule has 0 bridgehead atoms. The van der Waals surface area contributed by atoms with E-state index in [2.05, 4.69) is 21.0 Å². The normalized spacial score (nSPS) is 16.3. The summed E-state index contributed by atoms with van der Waals surface area (Å²) >= 11 is 1.65. The fraction of sp³-hybridized carbons (Fsp3) is 0.421. The van der Waals surface area contributed by atoms with Gasteiger partial charge in [-0.15, -0.1) is 11.8 Å². The summed E-state index contributed by atoms with van der Waals surface area (Å²) in [5.41, 5.74) is 1.36. The molecule has 27 heavy (non-hydrogen) atoms. The van der Waals surface area contributed by atoms with E-state index in [1.165, 1.54) is 4.68 Å². The molecule has 2 heterocycles. The van der Waals surface area contributed by atoms with Crippen molar-refractivity contribution in [2.75, 3.05) is 30.0 Å². The van der Waals surface area contributed by atoms with Gasteiger partial charge in [-0.2, -0.15) is 5.10 Å². The highest BCUT2D eigenvalue weighted by atomic mass is 32.2. The molecule has 144 valence electrons. The third-order valence-corrected chi connectivity index (χ3v) is 5.28. The maximum absolute atomic E-state index is 12.1. The molecular formula is C19H25N5O2S. The Bertz CT molecular complexity index is 769. The van der Waals surface area contributed by atoms with Crippen LogP contribution >= 0.6 is 11.8 Å². The molecule has 1 saturated heterocycles. The molecule has 1 aliphatic heterocycles. The van der Waals surface area contributed by atoms with E-state index in [0.717, 1.165) is 36.5 Å². The fourth-order valence-corrected chi connectivity index (χ4v) is 3.46. The van der Waals surface area contributed by atoms with Crippen molar-refractivity contribution in [3.63, 3.8) is 0 Å². The number of benzene rings is 1. The number of carbonyl (C=O) groups is 2. The summed E-state index contributed by atoms with van der Waals surface area (Å²) in [6.07, 6.45) is 7.78. The van der Waals surface area contributed by atoms with E-state index in [0.29, 0.717) is 18.0 Å². The van der Waals surface area contributed by atoms with Crippen molar-refractivity contribution in [1.82, 2.24) is 15.1 Å². The van der Waals surface area contributed by atoms with Gasteiger partial charge in [-0.1, -0.05) is 0 Å². The van der Waals surface area contributed by atoms with Crippen LogP contribution in [0, 0.1) is 5.92 Å². The standard InChI is InChI=1S/C19H25N5O2S/c1-27-17-5-3-15(4-6-17)22-19(26)13-24-12-16(11-21-24)23-18(25)7-2-14-8-9-20-10-14/h3-6,11-12,14,20H,2,7-10,13H2,1H3,(H,22,26)(H,23,25). The molecule has 3 rings (SSSR count). The molecule has 1 aromatic carbocycles. The van der Waals surface area contributed by atoms with Gasteiger partial charge in [0.1, 0.15) is 6.54 Å². The molecule has 0 aliphatic carbocycles. The van der Waals surface area contributed by atoms with Gasteiger partial charge in [0.2, 0.25) is 11.8 Å². The molecule has 1 aromatic heterocycles. The molecule has 0 saturated carbocycles. The molecule has 1 fully saturated rings. The minimum absolute atomic E-state index is 0.0141. The maximum Gasteiger partial charge on any atom is 0.246 e. The van der Waals surface area contributed by atoms with Crippen molar-refractivity contribution in [2.24, 2.45) is 5.92 Å². The van der Waals surface area contributed by atoms with Crippen molar-refractivity contribution in [3.8, 4) is 0 Å². The van der Waals surface area contributed by atoms with E-state index in [9.17, 15) is 9.59 Å². The molecule has 2 aromatic rings. The van der Waals surface area contributed by atoms with Crippen LogP contribution < -0.4 is 16.0 Å². The van der Waals surface area contributed by atoms with Gasteiger partial charge < -0.3 is 16.0 Å². The molecule has 0 spiro atoms. The zero-order valence-corrected chi connectivity index (χ0v) is 16.2. The predicted molar refractivity (Wildman–Crippen MR) is 108 cm³/mol. The summed E-state index contributed by atoms with van der Waals surface area (Å²) in [5.74, 6) is 0.411. The number of aromatic nitrogens is 2. The predicted octanol–water partition coefficient (Wildman–Crippen LogP) is 2.57. The summed E-state index contributed by atoms with van der Waals surface area (Å²) in [6.45, 7) is 2.14. The van der Waals surface area contributed by atoms with Gasteiger partial charge in [0.05, 0.1) is 11.9 Å². The third-order valence-electron chi connectivity index (χ3n) is 4.54. The van der Waals surface area contributed by atoms with Crippen LogP contribution in [0.3, 0.4) is 0 Å². The summed E-state index contributed by atoms with van der Waals surface area (Å²) in [4.78, 5) is 25.3. The van der Waals surface area contributed by atoms with Crippen LogP contribution in [-0.2, 0) is 16.1 Å². The SMILES string of the molecule is CSc1ccc(NC(=O)Cn2cc(NC(=O)CCC3CCNC3)cn2)cc1. The van der Waals surface area contributed by atoms with Gasteiger partial charge in [-0.05, 0) is 62.4 Å². The van der Waals surface area contributed by atoms with Crippen molar-refractivity contribution in [3.05, 3.63) is 36.7 Å². The van der Waals surface area contributed by atoms with Crippen molar-refractivity contribution < 1.29 is 9.59 Å². The first-order valence-corrected chi connectivity index (χ1v) is 10.3. The largest absolute Gasteiger partial charge is 0.324 e. The highest BCUT2D eigenvalue weighted by molar-refractivity contribution is 7.98. The Hall–Kier alpha value is -2.32. The molecule has 8 heteroatoms. The third kappa shape index (κ3) is 6.11. The molecule has 2 amide bonds. The Kier molecular flexibility index (Phi) is 6.89. The van der Waals surface area contributed by atoms with Gasteiger partial charge in [-0.25, -0.2) is 0 Å². The van der Waals surface area contributed by atoms with Gasteiger partial charge >= 0.3 is 0 Å². The highest BCUT2D eigenvalue weighted by Crippen LogP contribution is 2.18. The Labute approximate surface area is 163 Å². The monoisotopic (exact) mass is 387 g/mol. The lowest BCUT2D eigenvalue weighted by Gasteiger charge is -2.07. The van der Waals surface area contributed by atoms with Gasteiger partial charge in [0.25, 0.3) is 0 Å². The maximum atomic E-state index is 12.1. The van der Waals surface area contributed by atoms with E-state index < -0.39 is 0 Å². The number of hydrogen-bond acceptors (Lipinski definition) is 5. The molecule has 1 aliphatic rings. The molecule has 0 radical (unpaired) electrons. The van der Waals surface area contributed by atoms with Crippen molar-refractivity contribution >= 4 is 35.0 Å². The first kappa shape index (κ1) is 19.4. The average molecular weight is 388 g/mol. The smallest absolute Gasteiger partial charge is 0.246 e. The zero-order chi connectivity index (χ0) is 19.1.